The number of nitrogens with one attached hydrogen (secondary N) is 1. The van der Waals surface area contributed by atoms with Crippen LogP contribution in [0.15, 0.2) is 52.1 Å². The highest BCUT2D eigenvalue weighted by Gasteiger charge is 2.20. The van der Waals surface area contributed by atoms with E-state index in [1.807, 2.05) is 70.2 Å². The van der Waals surface area contributed by atoms with E-state index in [0.717, 1.165) is 28.1 Å². The van der Waals surface area contributed by atoms with Crippen LogP contribution in [0.4, 0.5) is 5.69 Å². The minimum Gasteiger partial charge on any atom is -0.494 e. The van der Waals surface area contributed by atoms with Crippen LogP contribution in [0.3, 0.4) is 0 Å². The Morgan fingerprint density at radius 1 is 1.14 bits per heavy atom. The highest BCUT2D eigenvalue weighted by Crippen LogP contribution is 2.28. The molecule has 0 aliphatic heterocycles. The minimum atomic E-state index is -0.382. The number of carbonyl (C=O) groups is 1. The SMILES string of the molecule is CCOc1ccc(-c2nnc(S[C@H](C)C(=O)Nc3c(C)cccc3C)o2)cc1. The molecule has 0 radical (unpaired) electrons. The monoisotopic (exact) mass is 397 g/mol. The second-order valence-corrected chi connectivity index (χ2v) is 7.64. The standard InChI is InChI=1S/C21H23N3O3S/c1-5-26-17-11-9-16(10-12-17)20-23-24-21(27-20)28-15(4)19(25)22-18-13(2)7-6-8-14(18)3/h6-12,15H,5H2,1-4H3,(H,22,25)/t15-/m1/s1. The summed E-state index contributed by atoms with van der Waals surface area (Å²) in [4.78, 5) is 12.6. The first-order chi connectivity index (χ1) is 13.5. The molecule has 3 rings (SSSR count). The normalized spacial score (nSPS) is 11.9. The molecule has 7 heteroatoms. The number of aromatic nitrogens is 2. The molecule has 1 amide bonds. The van der Waals surface area contributed by atoms with Crippen molar-refractivity contribution in [2.24, 2.45) is 0 Å². The van der Waals surface area contributed by atoms with Crippen molar-refractivity contribution in [2.45, 2.75) is 38.2 Å². The van der Waals surface area contributed by atoms with Crippen molar-refractivity contribution >= 4 is 23.4 Å². The van der Waals surface area contributed by atoms with E-state index in [0.29, 0.717) is 17.7 Å². The van der Waals surface area contributed by atoms with Crippen LogP contribution in [0.5, 0.6) is 5.75 Å². The van der Waals surface area contributed by atoms with Crippen molar-refractivity contribution in [3.05, 3.63) is 53.6 Å². The zero-order valence-corrected chi connectivity index (χ0v) is 17.2. The summed E-state index contributed by atoms with van der Waals surface area (Å²) in [5.74, 6) is 1.09. The van der Waals surface area contributed by atoms with E-state index in [4.69, 9.17) is 9.15 Å². The number of hydrogen-bond donors (Lipinski definition) is 1. The van der Waals surface area contributed by atoms with Gasteiger partial charge in [0.25, 0.3) is 5.22 Å². The highest BCUT2D eigenvalue weighted by molar-refractivity contribution is 8.00. The van der Waals surface area contributed by atoms with Crippen LogP contribution >= 0.6 is 11.8 Å². The Morgan fingerprint density at radius 2 is 1.82 bits per heavy atom. The third-order valence-electron chi connectivity index (χ3n) is 4.19. The molecular weight excluding hydrogens is 374 g/mol. The van der Waals surface area contributed by atoms with Crippen LogP contribution in [-0.4, -0.2) is 28.0 Å². The maximum Gasteiger partial charge on any atom is 0.277 e. The summed E-state index contributed by atoms with van der Waals surface area (Å²) in [5, 5.41) is 11.1. The van der Waals surface area contributed by atoms with E-state index in [-0.39, 0.29) is 11.2 Å². The Morgan fingerprint density at radius 3 is 2.46 bits per heavy atom. The molecule has 6 nitrogen and oxygen atoms in total. The maximum absolute atomic E-state index is 12.6. The van der Waals surface area contributed by atoms with E-state index in [1.54, 1.807) is 0 Å². The lowest BCUT2D eigenvalue weighted by Gasteiger charge is -2.14. The van der Waals surface area contributed by atoms with E-state index in [9.17, 15) is 4.79 Å². The smallest absolute Gasteiger partial charge is 0.277 e. The van der Waals surface area contributed by atoms with Crippen molar-refractivity contribution in [1.82, 2.24) is 10.2 Å². The molecule has 28 heavy (non-hydrogen) atoms. The van der Waals surface area contributed by atoms with Gasteiger partial charge in [-0.15, -0.1) is 10.2 Å². The van der Waals surface area contributed by atoms with Gasteiger partial charge in [0.15, 0.2) is 0 Å². The third-order valence-corrected chi connectivity index (χ3v) is 5.13. The number of hydrogen-bond acceptors (Lipinski definition) is 6. The molecule has 1 heterocycles. The summed E-state index contributed by atoms with van der Waals surface area (Å²) in [6.07, 6.45) is 0. The van der Waals surface area contributed by atoms with Crippen LogP contribution in [0.1, 0.15) is 25.0 Å². The van der Waals surface area contributed by atoms with Gasteiger partial charge in [-0.2, -0.15) is 0 Å². The predicted octanol–water partition coefficient (Wildman–Crippen LogP) is 4.87. The number of nitrogens with zero attached hydrogens (tertiary/aromatic N) is 2. The number of aryl methyl sites for hydroxylation is 2. The average molecular weight is 398 g/mol. The first-order valence-corrected chi connectivity index (χ1v) is 9.96. The van der Waals surface area contributed by atoms with E-state index in [1.165, 1.54) is 11.8 Å². The zero-order valence-electron chi connectivity index (χ0n) is 16.4. The Hall–Kier alpha value is -2.80. The highest BCUT2D eigenvalue weighted by atomic mass is 32.2. The van der Waals surface area contributed by atoms with Gasteiger partial charge in [0.1, 0.15) is 5.75 Å². The first-order valence-electron chi connectivity index (χ1n) is 9.08. The number of ether oxygens (including phenoxy) is 1. The summed E-state index contributed by atoms with van der Waals surface area (Å²) in [6.45, 7) is 8.31. The van der Waals surface area contributed by atoms with Gasteiger partial charge in [-0.1, -0.05) is 30.0 Å². The number of amides is 1. The maximum atomic E-state index is 12.6. The lowest BCUT2D eigenvalue weighted by molar-refractivity contribution is -0.115. The number of rotatable bonds is 7. The lowest BCUT2D eigenvalue weighted by atomic mass is 10.1. The topological polar surface area (TPSA) is 77.2 Å². The molecule has 1 atom stereocenters. The van der Waals surface area contributed by atoms with Crippen molar-refractivity contribution in [1.29, 1.82) is 0 Å². The summed E-state index contributed by atoms with van der Waals surface area (Å²) in [7, 11) is 0. The Balaban J connectivity index is 1.64. The van der Waals surface area contributed by atoms with Crippen molar-refractivity contribution < 1.29 is 13.9 Å². The number of anilines is 1. The lowest BCUT2D eigenvalue weighted by Crippen LogP contribution is -2.23. The predicted molar refractivity (Wildman–Crippen MR) is 111 cm³/mol. The first kappa shape index (κ1) is 19.9. The molecule has 3 aromatic rings. The van der Waals surface area contributed by atoms with Crippen molar-refractivity contribution in [3.8, 4) is 17.2 Å². The average Bonchev–Trinajstić information content (AvgIpc) is 3.14. The number of benzene rings is 2. The molecule has 0 aliphatic rings. The number of carbonyl (C=O) groups excluding carboxylic acids is 1. The molecule has 0 spiro atoms. The van der Waals surface area contributed by atoms with Gasteiger partial charge in [-0.25, -0.2) is 0 Å². The molecule has 1 N–H and O–H groups in total. The molecule has 0 fully saturated rings. The molecule has 1 aromatic heterocycles. The van der Waals surface area contributed by atoms with E-state index in [2.05, 4.69) is 15.5 Å². The van der Waals surface area contributed by atoms with Crippen LogP contribution < -0.4 is 10.1 Å². The fraction of sp³-hybridized carbons (Fsp3) is 0.286. The Labute approximate surface area is 168 Å². The molecule has 0 aliphatic carbocycles. The van der Waals surface area contributed by atoms with Gasteiger partial charge >= 0.3 is 0 Å². The van der Waals surface area contributed by atoms with Crippen LogP contribution in [0.2, 0.25) is 0 Å². The Bertz CT molecular complexity index is 934. The van der Waals surface area contributed by atoms with Gasteiger partial charge in [-0.3, -0.25) is 4.79 Å². The van der Waals surface area contributed by atoms with E-state index >= 15 is 0 Å². The molecule has 146 valence electrons. The molecule has 0 unspecified atom stereocenters. The van der Waals surface area contributed by atoms with Gasteiger partial charge in [-0.05, 0) is 63.1 Å². The third kappa shape index (κ3) is 4.72. The van der Waals surface area contributed by atoms with Crippen LogP contribution in [0, 0.1) is 13.8 Å². The summed E-state index contributed by atoms with van der Waals surface area (Å²) < 4.78 is 11.1. The summed E-state index contributed by atoms with van der Waals surface area (Å²) >= 11 is 1.23. The van der Waals surface area contributed by atoms with Crippen molar-refractivity contribution in [3.63, 3.8) is 0 Å². The quantitative estimate of drug-likeness (QED) is 0.573. The molecule has 0 saturated carbocycles. The van der Waals surface area contributed by atoms with Crippen LogP contribution in [-0.2, 0) is 4.79 Å². The van der Waals surface area contributed by atoms with E-state index < -0.39 is 0 Å². The molecule has 2 aromatic carbocycles. The minimum absolute atomic E-state index is 0.108. The molecule has 0 bridgehead atoms. The van der Waals surface area contributed by atoms with Crippen LogP contribution in [0.25, 0.3) is 11.5 Å². The van der Waals surface area contributed by atoms with Gasteiger partial charge in [0, 0.05) is 11.3 Å². The van der Waals surface area contributed by atoms with Gasteiger partial charge in [0.05, 0.1) is 11.9 Å². The fourth-order valence-corrected chi connectivity index (χ4v) is 3.36. The summed E-state index contributed by atoms with van der Waals surface area (Å²) in [5.41, 5.74) is 3.71. The van der Waals surface area contributed by atoms with Gasteiger partial charge in [0.2, 0.25) is 11.8 Å². The Kier molecular flexibility index (Phi) is 6.36. The second kappa shape index (κ2) is 8.93. The zero-order chi connectivity index (χ0) is 20.1. The largest absolute Gasteiger partial charge is 0.494 e. The molecule has 0 saturated heterocycles. The van der Waals surface area contributed by atoms with Gasteiger partial charge < -0.3 is 14.5 Å². The van der Waals surface area contributed by atoms with Crippen molar-refractivity contribution in [2.75, 3.05) is 11.9 Å². The number of para-hydroxylation sites is 1. The fourth-order valence-electron chi connectivity index (χ4n) is 2.68. The second-order valence-electron chi connectivity index (χ2n) is 6.35. The summed E-state index contributed by atoms with van der Waals surface area (Å²) in [6, 6.07) is 13.4. The molecular formula is C21H23N3O3S. The number of thioether (sulfide) groups is 1.